The second-order valence-corrected chi connectivity index (χ2v) is 7.04. The number of benzene rings is 2. The minimum Gasteiger partial charge on any atom is -0.507 e. The highest BCUT2D eigenvalue weighted by molar-refractivity contribution is 9.10. The highest BCUT2D eigenvalue weighted by atomic mass is 79.9. The Morgan fingerprint density at radius 1 is 1.13 bits per heavy atom. The molecular formula is C19H22BrN2O+. The van der Waals surface area contributed by atoms with Crippen LogP contribution in [0.4, 0.5) is 0 Å². The van der Waals surface area contributed by atoms with Crippen LogP contribution in [0.5, 0.6) is 5.75 Å². The number of hydrogen-bond donors (Lipinski definition) is 2. The number of aliphatic imine (C=N–C) groups is 1. The zero-order valence-electron chi connectivity index (χ0n) is 13.1. The van der Waals surface area contributed by atoms with Gasteiger partial charge in [-0.3, -0.25) is 4.99 Å². The van der Waals surface area contributed by atoms with E-state index in [1.165, 1.54) is 5.56 Å². The number of rotatable bonds is 4. The molecular weight excluding hydrogens is 352 g/mol. The van der Waals surface area contributed by atoms with Crippen LogP contribution in [-0.2, 0) is 6.54 Å². The molecule has 0 bridgehead atoms. The van der Waals surface area contributed by atoms with E-state index >= 15 is 0 Å². The first-order chi connectivity index (χ1) is 11.2. The van der Waals surface area contributed by atoms with Gasteiger partial charge in [-0.1, -0.05) is 46.3 Å². The number of likely N-dealkylation sites (tertiary alicyclic amines) is 1. The number of aromatic hydroxyl groups is 1. The molecule has 0 spiro atoms. The molecule has 1 fully saturated rings. The second-order valence-electron chi connectivity index (χ2n) is 6.12. The largest absolute Gasteiger partial charge is 0.507 e. The molecule has 2 N–H and O–H groups in total. The third kappa shape index (κ3) is 4.66. The highest BCUT2D eigenvalue weighted by Crippen LogP contribution is 2.20. The fourth-order valence-corrected chi connectivity index (χ4v) is 3.41. The molecule has 2 aromatic carbocycles. The van der Waals surface area contributed by atoms with E-state index in [2.05, 4.69) is 51.3 Å². The summed E-state index contributed by atoms with van der Waals surface area (Å²) in [4.78, 5) is 6.31. The van der Waals surface area contributed by atoms with Crippen LogP contribution < -0.4 is 4.90 Å². The van der Waals surface area contributed by atoms with Crippen LogP contribution in [0, 0.1) is 0 Å². The average molecular weight is 374 g/mol. The second kappa shape index (κ2) is 7.75. The number of phenolic OH excluding ortho intramolecular Hbond substituents is 1. The summed E-state index contributed by atoms with van der Waals surface area (Å²) in [7, 11) is 0. The molecule has 23 heavy (non-hydrogen) atoms. The Morgan fingerprint density at radius 2 is 1.87 bits per heavy atom. The van der Waals surface area contributed by atoms with E-state index in [4.69, 9.17) is 0 Å². The Kier molecular flexibility index (Phi) is 5.47. The molecule has 1 aliphatic rings. The van der Waals surface area contributed by atoms with Crippen molar-refractivity contribution in [2.75, 3.05) is 13.1 Å². The van der Waals surface area contributed by atoms with E-state index in [1.807, 2.05) is 18.3 Å². The van der Waals surface area contributed by atoms with Crippen molar-refractivity contribution >= 4 is 22.1 Å². The predicted molar refractivity (Wildman–Crippen MR) is 97.3 cm³/mol. The van der Waals surface area contributed by atoms with Crippen LogP contribution >= 0.6 is 15.9 Å². The molecule has 0 atom stereocenters. The maximum absolute atomic E-state index is 9.85. The number of hydrogen-bond acceptors (Lipinski definition) is 2. The number of phenols is 1. The van der Waals surface area contributed by atoms with Crippen molar-refractivity contribution in [3.8, 4) is 5.75 Å². The molecule has 2 aromatic rings. The zero-order valence-corrected chi connectivity index (χ0v) is 14.7. The van der Waals surface area contributed by atoms with E-state index < -0.39 is 0 Å². The lowest BCUT2D eigenvalue weighted by Gasteiger charge is -2.27. The maximum atomic E-state index is 9.85. The standard InChI is InChI=1S/C19H21BrN2O/c20-17-6-7-19(23)16(12-17)13-21-18-8-10-22(11-9-18)14-15-4-2-1-3-5-15/h1-7,12-13,18,23H,8-11,14H2/p+1. The maximum Gasteiger partial charge on any atom is 0.124 e. The number of piperidine rings is 1. The summed E-state index contributed by atoms with van der Waals surface area (Å²) in [5, 5.41) is 9.85. The lowest BCUT2D eigenvalue weighted by molar-refractivity contribution is -0.918. The van der Waals surface area contributed by atoms with Crippen LogP contribution in [0.2, 0.25) is 0 Å². The zero-order chi connectivity index (χ0) is 16.1. The first kappa shape index (κ1) is 16.2. The first-order valence-electron chi connectivity index (χ1n) is 8.10. The van der Waals surface area contributed by atoms with Gasteiger partial charge >= 0.3 is 0 Å². The first-order valence-corrected chi connectivity index (χ1v) is 8.89. The van der Waals surface area contributed by atoms with Gasteiger partial charge in [0.15, 0.2) is 0 Å². The van der Waals surface area contributed by atoms with Crippen LogP contribution in [0.1, 0.15) is 24.0 Å². The van der Waals surface area contributed by atoms with Gasteiger partial charge in [-0.2, -0.15) is 0 Å². The minimum atomic E-state index is 0.282. The summed E-state index contributed by atoms with van der Waals surface area (Å²) < 4.78 is 0.957. The molecule has 3 rings (SSSR count). The van der Waals surface area contributed by atoms with Gasteiger partial charge in [-0.15, -0.1) is 0 Å². The monoisotopic (exact) mass is 373 g/mol. The van der Waals surface area contributed by atoms with E-state index in [9.17, 15) is 5.11 Å². The molecule has 3 nitrogen and oxygen atoms in total. The molecule has 1 heterocycles. The summed E-state index contributed by atoms with van der Waals surface area (Å²) >= 11 is 3.43. The molecule has 120 valence electrons. The van der Waals surface area contributed by atoms with Gasteiger partial charge in [0.25, 0.3) is 0 Å². The van der Waals surface area contributed by atoms with E-state index in [-0.39, 0.29) is 5.75 Å². The Morgan fingerprint density at radius 3 is 2.61 bits per heavy atom. The SMILES string of the molecule is Oc1ccc(Br)cc1C=NC1CC[NH+](Cc2ccccc2)CC1. The summed E-state index contributed by atoms with van der Waals surface area (Å²) in [5.41, 5.74) is 2.18. The van der Waals surface area contributed by atoms with Crippen LogP contribution in [0.3, 0.4) is 0 Å². The number of halogens is 1. The molecule has 0 unspecified atom stereocenters. The van der Waals surface area contributed by atoms with Crippen LogP contribution in [-0.4, -0.2) is 30.5 Å². The van der Waals surface area contributed by atoms with Crippen molar-refractivity contribution in [2.45, 2.75) is 25.4 Å². The van der Waals surface area contributed by atoms with Crippen molar-refractivity contribution in [1.82, 2.24) is 0 Å². The molecule has 0 saturated carbocycles. The Hall–Kier alpha value is -1.65. The third-order valence-corrected chi connectivity index (χ3v) is 4.87. The summed E-state index contributed by atoms with van der Waals surface area (Å²) in [5.74, 6) is 0.282. The van der Waals surface area contributed by atoms with Crippen molar-refractivity contribution in [3.05, 3.63) is 64.1 Å². The predicted octanol–water partition coefficient (Wildman–Crippen LogP) is 2.82. The quantitative estimate of drug-likeness (QED) is 0.794. The van der Waals surface area contributed by atoms with E-state index in [0.29, 0.717) is 6.04 Å². The number of nitrogens with zero attached hydrogens (tertiary/aromatic N) is 1. The van der Waals surface area contributed by atoms with Crippen molar-refractivity contribution in [3.63, 3.8) is 0 Å². The van der Waals surface area contributed by atoms with Crippen molar-refractivity contribution < 1.29 is 10.0 Å². The number of quaternary nitrogens is 1. The molecule has 0 radical (unpaired) electrons. The number of nitrogens with one attached hydrogen (secondary N) is 1. The summed E-state index contributed by atoms with van der Waals surface area (Å²) in [6, 6.07) is 16.5. The van der Waals surface area contributed by atoms with Gasteiger partial charge in [-0.25, -0.2) is 0 Å². The normalized spacial score (nSPS) is 21.6. The smallest absolute Gasteiger partial charge is 0.124 e. The fraction of sp³-hybridized carbons (Fsp3) is 0.316. The topological polar surface area (TPSA) is 37.0 Å². The molecule has 4 heteroatoms. The van der Waals surface area contributed by atoms with E-state index in [0.717, 1.165) is 42.5 Å². The lowest BCUT2D eigenvalue weighted by Crippen LogP contribution is -3.12. The van der Waals surface area contributed by atoms with Gasteiger partial charge in [0.05, 0.1) is 19.1 Å². The van der Waals surface area contributed by atoms with Crippen molar-refractivity contribution in [1.29, 1.82) is 0 Å². The van der Waals surface area contributed by atoms with Crippen molar-refractivity contribution in [2.24, 2.45) is 4.99 Å². The molecule has 0 amide bonds. The van der Waals surface area contributed by atoms with Gasteiger partial charge in [0.1, 0.15) is 12.3 Å². The Labute approximate surface area is 145 Å². The molecule has 1 aliphatic heterocycles. The third-order valence-electron chi connectivity index (χ3n) is 4.37. The highest BCUT2D eigenvalue weighted by Gasteiger charge is 2.21. The molecule has 0 aliphatic carbocycles. The van der Waals surface area contributed by atoms with E-state index in [1.54, 1.807) is 11.0 Å². The minimum absolute atomic E-state index is 0.282. The molecule has 1 saturated heterocycles. The fourth-order valence-electron chi connectivity index (χ4n) is 3.04. The van der Waals surface area contributed by atoms with Gasteiger partial charge < -0.3 is 10.0 Å². The Balaban J connectivity index is 1.53. The Bertz CT molecular complexity index is 664. The van der Waals surface area contributed by atoms with Gasteiger partial charge in [0, 0.05) is 34.7 Å². The summed E-state index contributed by atoms with van der Waals surface area (Å²) in [6.07, 6.45) is 4.02. The van der Waals surface area contributed by atoms with Crippen LogP contribution in [0.15, 0.2) is 58.0 Å². The summed E-state index contributed by atoms with van der Waals surface area (Å²) in [6.45, 7) is 3.41. The average Bonchev–Trinajstić information content (AvgIpc) is 2.58. The van der Waals surface area contributed by atoms with Crippen LogP contribution in [0.25, 0.3) is 0 Å². The van der Waals surface area contributed by atoms with Gasteiger partial charge in [0.2, 0.25) is 0 Å². The lowest BCUT2D eigenvalue weighted by atomic mass is 10.0. The molecule has 0 aromatic heterocycles. The van der Waals surface area contributed by atoms with Gasteiger partial charge in [-0.05, 0) is 18.2 Å².